The normalized spacial score (nSPS) is 19.1. The number of hydrogen-bond donors (Lipinski definition) is 1. The lowest BCUT2D eigenvalue weighted by molar-refractivity contribution is -0.135. The molecule has 1 N–H and O–H groups in total. The molecular weight excluding hydrogens is 286 g/mol. The Kier molecular flexibility index (Phi) is 2.91. The zero-order valence-corrected chi connectivity index (χ0v) is 11.1. The molecule has 1 aliphatic heterocycles. The molecule has 0 radical (unpaired) electrons. The number of nitrogens with zero attached hydrogens (tertiary/aromatic N) is 2. The molecule has 1 aromatic heterocycles. The third-order valence-electron chi connectivity index (χ3n) is 2.83. The summed E-state index contributed by atoms with van der Waals surface area (Å²) in [5.74, 6) is -0.588. The second kappa shape index (κ2) is 4.10. The van der Waals surface area contributed by atoms with Crippen molar-refractivity contribution in [3.63, 3.8) is 0 Å². The number of imide groups is 1. The average Bonchev–Trinajstić information content (AvgIpc) is 2.25. The van der Waals surface area contributed by atoms with Crippen molar-refractivity contribution in [2.75, 3.05) is 11.4 Å². The van der Waals surface area contributed by atoms with Gasteiger partial charge in [0.15, 0.2) is 0 Å². The molecule has 0 bridgehead atoms. The van der Waals surface area contributed by atoms with Crippen LogP contribution in [0.5, 0.6) is 0 Å². The highest BCUT2D eigenvalue weighted by molar-refractivity contribution is 9.10. The van der Waals surface area contributed by atoms with E-state index < -0.39 is 5.54 Å². The van der Waals surface area contributed by atoms with Gasteiger partial charge in [0, 0.05) is 12.4 Å². The maximum Gasteiger partial charge on any atom is 0.251 e. The van der Waals surface area contributed by atoms with Crippen LogP contribution in [-0.4, -0.2) is 28.9 Å². The summed E-state index contributed by atoms with van der Waals surface area (Å²) in [7, 11) is 0. The third kappa shape index (κ3) is 2.04. The van der Waals surface area contributed by atoms with Gasteiger partial charge in [0.05, 0.1) is 16.7 Å². The number of rotatable bonds is 1. The Morgan fingerprint density at radius 1 is 1.47 bits per heavy atom. The second-order valence-corrected chi connectivity index (χ2v) is 5.20. The lowest BCUT2D eigenvalue weighted by Gasteiger charge is -2.42. The largest absolute Gasteiger partial charge is 0.347 e. The Bertz CT molecular complexity index is 487. The summed E-state index contributed by atoms with van der Waals surface area (Å²) < 4.78 is 0.760. The van der Waals surface area contributed by atoms with E-state index in [-0.39, 0.29) is 18.4 Å². The number of nitrogens with one attached hydrogen (secondary N) is 1. The van der Waals surface area contributed by atoms with Crippen LogP contribution in [0.2, 0.25) is 0 Å². The van der Waals surface area contributed by atoms with Crippen LogP contribution in [0.1, 0.15) is 13.8 Å². The number of carbonyl (C=O) groups is 2. The number of halogens is 1. The molecule has 0 spiro atoms. The highest BCUT2D eigenvalue weighted by Gasteiger charge is 2.41. The molecule has 0 atom stereocenters. The summed E-state index contributed by atoms with van der Waals surface area (Å²) in [6.07, 6.45) is 3.27. The molecule has 5 nitrogen and oxygen atoms in total. The van der Waals surface area contributed by atoms with E-state index in [4.69, 9.17) is 0 Å². The molecule has 0 aromatic carbocycles. The van der Waals surface area contributed by atoms with E-state index in [9.17, 15) is 9.59 Å². The van der Waals surface area contributed by atoms with E-state index in [1.165, 1.54) is 0 Å². The quantitative estimate of drug-likeness (QED) is 0.788. The van der Waals surface area contributed by atoms with Crippen molar-refractivity contribution in [1.29, 1.82) is 0 Å². The lowest BCUT2D eigenvalue weighted by Crippen LogP contribution is -2.64. The van der Waals surface area contributed by atoms with E-state index in [1.54, 1.807) is 37.2 Å². The average molecular weight is 298 g/mol. The first-order valence-corrected chi connectivity index (χ1v) is 5.93. The van der Waals surface area contributed by atoms with E-state index in [1.807, 2.05) is 0 Å². The molecule has 0 unspecified atom stereocenters. The predicted molar refractivity (Wildman–Crippen MR) is 66.5 cm³/mol. The van der Waals surface area contributed by atoms with Gasteiger partial charge in [-0.1, -0.05) is 0 Å². The van der Waals surface area contributed by atoms with Crippen molar-refractivity contribution in [3.8, 4) is 0 Å². The monoisotopic (exact) mass is 297 g/mol. The topological polar surface area (TPSA) is 62.3 Å². The summed E-state index contributed by atoms with van der Waals surface area (Å²) in [5.41, 5.74) is 0.0193. The van der Waals surface area contributed by atoms with Crippen LogP contribution in [0.25, 0.3) is 0 Å². The number of aromatic nitrogens is 1. The molecule has 0 saturated carbocycles. The van der Waals surface area contributed by atoms with Gasteiger partial charge in [-0.3, -0.25) is 19.9 Å². The molecule has 1 aliphatic rings. The van der Waals surface area contributed by atoms with Crippen molar-refractivity contribution in [3.05, 3.63) is 22.9 Å². The fraction of sp³-hybridized carbons (Fsp3) is 0.364. The smallest absolute Gasteiger partial charge is 0.251 e. The molecule has 0 aliphatic carbocycles. The molecule has 1 aromatic rings. The molecule has 6 heteroatoms. The predicted octanol–water partition coefficient (Wildman–Crippen LogP) is 1.09. The van der Waals surface area contributed by atoms with Crippen molar-refractivity contribution < 1.29 is 9.59 Å². The molecule has 2 heterocycles. The van der Waals surface area contributed by atoms with Gasteiger partial charge in [0.25, 0.3) is 5.91 Å². The van der Waals surface area contributed by atoms with Crippen molar-refractivity contribution in [2.24, 2.45) is 0 Å². The molecule has 17 heavy (non-hydrogen) atoms. The minimum absolute atomic E-state index is 0.154. The van der Waals surface area contributed by atoms with Crippen LogP contribution >= 0.6 is 15.9 Å². The molecular formula is C11H12BrN3O2. The molecule has 2 rings (SSSR count). The van der Waals surface area contributed by atoms with E-state index in [0.29, 0.717) is 0 Å². The molecule has 1 fully saturated rings. The maximum atomic E-state index is 11.8. The number of carbonyl (C=O) groups excluding carboxylic acids is 2. The van der Waals surface area contributed by atoms with E-state index in [0.717, 1.165) is 10.2 Å². The first-order valence-electron chi connectivity index (χ1n) is 5.14. The minimum Gasteiger partial charge on any atom is -0.347 e. The van der Waals surface area contributed by atoms with Crippen LogP contribution in [0, 0.1) is 0 Å². The SMILES string of the molecule is CC1(C)C(=O)NC(=O)CN1c1ccncc1Br. The number of piperazine rings is 1. The lowest BCUT2D eigenvalue weighted by atomic mass is 9.98. The highest BCUT2D eigenvalue weighted by Crippen LogP contribution is 2.31. The van der Waals surface area contributed by atoms with Gasteiger partial charge in [0.2, 0.25) is 5.91 Å². The van der Waals surface area contributed by atoms with Crippen molar-refractivity contribution in [1.82, 2.24) is 10.3 Å². The Hall–Kier alpha value is -1.43. The van der Waals surface area contributed by atoms with Crippen LogP contribution < -0.4 is 10.2 Å². The van der Waals surface area contributed by atoms with E-state index >= 15 is 0 Å². The van der Waals surface area contributed by atoms with Gasteiger partial charge in [-0.2, -0.15) is 0 Å². The second-order valence-electron chi connectivity index (χ2n) is 4.35. The summed E-state index contributed by atoms with van der Waals surface area (Å²) in [4.78, 5) is 29.0. The van der Waals surface area contributed by atoms with Crippen molar-refractivity contribution in [2.45, 2.75) is 19.4 Å². The maximum absolute atomic E-state index is 11.8. The fourth-order valence-electron chi connectivity index (χ4n) is 1.76. The Labute approximate surface area is 107 Å². The zero-order valence-electron chi connectivity index (χ0n) is 9.53. The van der Waals surface area contributed by atoms with Gasteiger partial charge < -0.3 is 4.90 Å². The molecule has 90 valence electrons. The Balaban J connectivity index is 2.46. The van der Waals surface area contributed by atoms with Crippen molar-refractivity contribution >= 4 is 33.4 Å². The molecule has 1 saturated heterocycles. The summed E-state index contributed by atoms with van der Waals surface area (Å²) in [6, 6.07) is 1.78. The van der Waals surface area contributed by atoms with E-state index in [2.05, 4.69) is 26.2 Å². The highest BCUT2D eigenvalue weighted by atomic mass is 79.9. The standard InChI is InChI=1S/C11H12BrN3O2/c1-11(2)10(17)14-9(16)6-15(11)8-3-4-13-5-7(8)12/h3-5H,6H2,1-2H3,(H,14,16,17). The minimum atomic E-state index is -0.766. The van der Waals surface area contributed by atoms with Crippen LogP contribution in [0.3, 0.4) is 0 Å². The number of hydrogen-bond acceptors (Lipinski definition) is 4. The number of amides is 2. The summed E-state index contributed by atoms with van der Waals surface area (Å²) in [5, 5.41) is 2.34. The number of pyridine rings is 1. The Morgan fingerprint density at radius 3 is 2.82 bits per heavy atom. The summed E-state index contributed by atoms with van der Waals surface area (Å²) >= 11 is 3.38. The first-order chi connectivity index (χ1) is 7.93. The fourth-order valence-corrected chi connectivity index (χ4v) is 2.22. The first kappa shape index (κ1) is 12.0. The summed E-state index contributed by atoms with van der Waals surface area (Å²) in [6.45, 7) is 3.71. The van der Waals surface area contributed by atoms with Gasteiger partial charge in [-0.25, -0.2) is 0 Å². The molecule has 2 amide bonds. The third-order valence-corrected chi connectivity index (χ3v) is 3.44. The number of anilines is 1. The van der Waals surface area contributed by atoms with Gasteiger partial charge in [0.1, 0.15) is 5.54 Å². The van der Waals surface area contributed by atoms with Crippen LogP contribution in [0.15, 0.2) is 22.9 Å². The van der Waals surface area contributed by atoms with Gasteiger partial charge >= 0.3 is 0 Å². The van der Waals surface area contributed by atoms with Gasteiger partial charge in [-0.15, -0.1) is 0 Å². The van der Waals surface area contributed by atoms with Crippen LogP contribution in [0.4, 0.5) is 5.69 Å². The Morgan fingerprint density at radius 2 is 2.18 bits per heavy atom. The van der Waals surface area contributed by atoms with Gasteiger partial charge in [-0.05, 0) is 35.8 Å². The zero-order chi connectivity index (χ0) is 12.6. The van der Waals surface area contributed by atoms with Crippen LogP contribution in [-0.2, 0) is 9.59 Å².